The number of benzene rings is 1. The third kappa shape index (κ3) is 4.85. The van der Waals surface area contributed by atoms with Crippen molar-refractivity contribution in [3.05, 3.63) is 53.7 Å². The second-order valence-electron chi connectivity index (χ2n) is 4.86. The van der Waals surface area contributed by atoms with E-state index in [4.69, 9.17) is 9.84 Å². The van der Waals surface area contributed by atoms with Crippen LogP contribution in [-0.2, 0) is 13.0 Å². The second kappa shape index (κ2) is 8.39. The number of hydrogen-bond donors (Lipinski definition) is 2. The molecule has 0 aliphatic heterocycles. The Kier molecular flexibility index (Phi) is 6.19. The van der Waals surface area contributed by atoms with Gasteiger partial charge in [0.05, 0.1) is 0 Å². The third-order valence-electron chi connectivity index (χ3n) is 3.12. The van der Waals surface area contributed by atoms with Gasteiger partial charge in [0.15, 0.2) is 0 Å². The van der Waals surface area contributed by atoms with E-state index in [1.165, 1.54) is 0 Å². The number of nitrogens with zero attached hydrogens (tertiary/aromatic N) is 1. The molecule has 0 amide bonds. The highest BCUT2D eigenvalue weighted by Crippen LogP contribution is 2.24. The van der Waals surface area contributed by atoms with Crippen LogP contribution in [0, 0.1) is 0 Å². The van der Waals surface area contributed by atoms with Crippen molar-refractivity contribution in [2.75, 3.05) is 13.2 Å². The summed E-state index contributed by atoms with van der Waals surface area (Å²) in [7, 11) is 0. The first kappa shape index (κ1) is 15.5. The highest BCUT2D eigenvalue weighted by Gasteiger charge is 2.05. The fourth-order valence-corrected chi connectivity index (χ4v) is 2.03. The van der Waals surface area contributed by atoms with Crippen LogP contribution in [0.3, 0.4) is 0 Å². The number of aliphatic hydroxyl groups is 1. The fourth-order valence-electron chi connectivity index (χ4n) is 2.03. The highest BCUT2D eigenvalue weighted by atomic mass is 16.5. The van der Waals surface area contributed by atoms with Crippen molar-refractivity contribution in [3.63, 3.8) is 0 Å². The summed E-state index contributed by atoms with van der Waals surface area (Å²) in [6, 6.07) is 11.6. The zero-order chi connectivity index (χ0) is 14.9. The molecular weight excluding hydrogens is 264 g/mol. The molecular formula is C17H22N2O2. The van der Waals surface area contributed by atoms with Gasteiger partial charge >= 0.3 is 0 Å². The summed E-state index contributed by atoms with van der Waals surface area (Å²) < 4.78 is 5.80. The van der Waals surface area contributed by atoms with Crippen LogP contribution in [0.15, 0.2) is 42.6 Å². The van der Waals surface area contributed by atoms with Gasteiger partial charge < -0.3 is 15.2 Å². The van der Waals surface area contributed by atoms with E-state index in [9.17, 15) is 0 Å². The number of nitrogens with one attached hydrogen (secondary N) is 1. The van der Waals surface area contributed by atoms with E-state index >= 15 is 0 Å². The normalized spacial score (nSPS) is 10.6. The number of pyridine rings is 1. The molecule has 0 bridgehead atoms. The largest absolute Gasteiger partial charge is 0.439 e. The Hall–Kier alpha value is -1.91. The molecule has 112 valence electrons. The zero-order valence-corrected chi connectivity index (χ0v) is 12.4. The topological polar surface area (TPSA) is 54.4 Å². The minimum atomic E-state index is 0.107. The van der Waals surface area contributed by atoms with Crippen molar-refractivity contribution in [2.24, 2.45) is 0 Å². The second-order valence-corrected chi connectivity index (χ2v) is 4.86. The first-order valence-corrected chi connectivity index (χ1v) is 7.35. The summed E-state index contributed by atoms with van der Waals surface area (Å²) in [5.41, 5.74) is 2.12. The number of aliphatic hydroxyl groups excluding tert-OH is 1. The van der Waals surface area contributed by atoms with Crippen LogP contribution in [0.25, 0.3) is 0 Å². The van der Waals surface area contributed by atoms with E-state index < -0.39 is 0 Å². The SMILES string of the molecule is CCCNCc1ccc(Oc2ccccc2CCO)nc1. The lowest BCUT2D eigenvalue weighted by molar-refractivity contribution is 0.297. The molecule has 1 heterocycles. The van der Waals surface area contributed by atoms with Gasteiger partial charge in [0.1, 0.15) is 5.75 Å². The fraction of sp³-hybridized carbons (Fsp3) is 0.353. The Bertz CT molecular complexity index is 541. The summed E-state index contributed by atoms with van der Waals surface area (Å²) in [5, 5.41) is 12.4. The monoisotopic (exact) mass is 286 g/mol. The zero-order valence-electron chi connectivity index (χ0n) is 12.4. The standard InChI is InChI=1S/C17H22N2O2/c1-2-10-18-12-14-7-8-17(19-13-14)21-16-6-4-3-5-15(16)9-11-20/h3-8,13,18,20H,2,9-12H2,1H3. The maximum absolute atomic E-state index is 9.07. The molecule has 0 fully saturated rings. The first-order chi connectivity index (χ1) is 10.3. The van der Waals surface area contributed by atoms with Crippen LogP contribution < -0.4 is 10.1 Å². The summed E-state index contributed by atoms with van der Waals surface area (Å²) in [6.45, 7) is 4.08. The smallest absolute Gasteiger partial charge is 0.219 e. The number of para-hydroxylation sites is 1. The summed E-state index contributed by atoms with van der Waals surface area (Å²) in [5.74, 6) is 1.32. The van der Waals surface area contributed by atoms with Crippen LogP contribution in [0.4, 0.5) is 0 Å². The van der Waals surface area contributed by atoms with E-state index in [1.807, 2.05) is 42.6 Å². The average Bonchev–Trinajstić information content (AvgIpc) is 2.51. The third-order valence-corrected chi connectivity index (χ3v) is 3.12. The molecule has 0 spiro atoms. The van der Waals surface area contributed by atoms with Crippen molar-refractivity contribution in [1.82, 2.24) is 10.3 Å². The van der Waals surface area contributed by atoms with Crippen molar-refractivity contribution in [2.45, 2.75) is 26.3 Å². The molecule has 0 atom stereocenters. The predicted molar refractivity (Wildman–Crippen MR) is 83.5 cm³/mol. The van der Waals surface area contributed by atoms with E-state index in [1.54, 1.807) is 0 Å². The highest BCUT2D eigenvalue weighted by molar-refractivity contribution is 5.36. The lowest BCUT2D eigenvalue weighted by atomic mass is 10.1. The molecule has 1 aromatic heterocycles. The van der Waals surface area contributed by atoms with Crippen LogP contribution >= 0.6 is 0 Å². The van der Waals surface area contributed by atoms with Gasteiger partial charge in [-0.1, -0.05) is 31.2 Å². The Morgan fingerprint density at radius 1 is 1.19 bits per heavy atom. The van der Waals surface area contributed by atoms with Gasteiger partial charge in [-0.05, 0) is 36.6 Å². The van der Waals surface area contributed by atoms with E-state index in [0.717, 1.165) is 36.4 Å². The van der Waals surface area contributed by atoms with E-state index in [-0.39, 0.29) is 6.61 Å². The van der Waals surface area contributed by atoms with E-state index in [0.29, 0.717) is 12.3 Å². The molecule has 1 aromatic carbocycles. The molecule has 0 aliphatic carbocycles. The predicted octanol–water partition coefficient (Wildman–Crippen LogP) is 2.91. The molecule has 0 radical (unpaired) electrons. The molecule has 2 rings (SSSR count). The van der Waals surface area contributed by atoms with Crippen LogP contribution in [0.1, 0.15) is 24.5 Å². The van der Waals surface area contributed by atoms with Crippen LogP contribution in [-0.4, -0.2) is 23.2 Å². The minimum Gasteiger partial charge on any atom is -0.439 e. The van der Waals surface area contributed by atoms with Crippen molar-refractivity contribution < 1.29 is 9.84 Å². The Morgan fingerprint density at radius 2 is 2.05 bits per heavy atom. The molecule has 0 saturated carbocycles. The lowest BCUT2D eigenvalue weighted by Gasteiger charge is -2.10. The lowest BCUT2D eigenvalue weighted by Crippen LogP contribution is -2.13. The maximum atomic E-state index is 9.07. The van der Waals surface area contributed by atoms with Gasteiger partial charge in [-0.15, -0.1) is 0 Å². The van der Waals surface area contributed by atoms with Gasteiger partial charge in [-0.25, -0.2) is 4.98 Å². The maximum Gasteiger partial charge on any atom is 0.219 e. The van der Waals surface area contributed by atoms with Gasteiger partial charge in [-0.3, -0.25) is 0 Å². The molecule has 0 unspecified atom stereocenters. The van der Waals surface area contributed by atoms with E-state index in [2.05, 4.69) is 17.2 Å². The van der Waals surface area contributed by atoms with Crippen molar-refractivity contribution in [3.8, 4) is 11.6 Å². The van der Waals surface area contributed by atoms with Crippen LogP contribution in [0.5, 0.6) is 11.6 Å². The average molecular weight is 286 g/mol. The summed E-state index contributed by atoms with van der Waals surface area (Å²) >= 11 is 0. The molecule has 4 heteroatoms. The molecule has 0 saturated heterocycles. The molecule has 2 aromatic rings. The van der Waals surface area contributed by atoms with Gasteiger partial charge in [0.2, 0.25) is 5.88 Å². The first-order valence-electron chi connectivity index (χ1n) is 7.35. The Labute approximate surface area is 125 Å². The number of ether oxygens (including phenoxy) is 1. The quantitative estimate of drug-likeness (QED) is 0.733. The number of aromatic nitrogens is 1. The molecule has 21 heavy (non-hydrogen) atoms. The van der Waals surface area contributed by atoms with Crippen molar-refractivity contribution >= 4 is 0 Å². The Balaban J connectivity index is 2.00. The minimum absolute atomic E-state index is 0.107. The molecule has 2 N–H and O–H groups in total. The van der Waals surface area contributed by atoms with Gasteiger partial charge in [-0.2, -0.15) is 0 Å². The van der Waals surface area contributed by atoms with Crippen molar-refractivity contribution in [1.29, 1.82) is 0 Å². The van der Waals surface area contributed by atoms with Gasteiger partial charge in [0, 0.05) is 25.4 Å². The summed E-state index contributed by atoms with van der Waals surface area (Å²) in [6.07, 6.45) is 3.53. The molecule has 4 nitrogen and oxygen atoms in total. The number of rotatable bonds is 8. The Morgan fingerprint density at radius 3 is 2.76 bits per heavy atom. The van der Waals surface area contributed by atoms with Crippen LogP contribution in [0.2, 0.25) is 0 Å². The summed E-state index contributed by atoms with van der Waals surface area (Å²) in [4.78, 5) is 4.33. The number of hydrogen-bond acceptors (Lipinski definition) is 4. The van der Waals surface area contributed by atoms with Gasteiger partial charge in [0.25, 0.3) is 0 Å². The molecule has 0 aliphatic rings.